The molecule has 0 spiro atoms. The number of carbonyl (C=O) groups is 1. The number of rotatable bonds is 6. The van der Waals surface area contributed by atoms with Crippen molar-refractivity contribution in [2.45, 2.75) is 32.7 Å². The second kappa shape index (κ2) is 9.13. The minimum atomic E-state index is -5.89. The van der Waals surface area contributed by atoms with Gasteiger partial charge in [-0.15, -0.1) is 0 Å². The molecule has 0 bridgehead atoms. The Bertz CT molecular complexity index is 1340. The molecule has 34 heavy (non-hydrogen) atoms. The highest BCUT2D eigenvalue weighted by atomic mass is 32.2. The average molecular weight is 497 g/mol. The third kappa shape index (κ3) is 5.09. The minimum Gasteiger partial charge on any atom is -0.465 e. The summed E-state index contributed by atoms with van der Waals surface area (Å²) in [5.74, 6) is -0.447. The third-order valence-corrected chi connectivity index (χ3v) is 6.04. The number of pyridine rings is 1. The molecule has 1 heterocycles. The first-order valence-corrected chi connectivity index (χ1v) is 11.6. The largest absolute Gasteiger partial charge is 0.534 e. The van der Waals surface area contributed by atoms with E-state index in [4.69, 9.17) is 0 Å². The molecular formula is C23H23F3N2O5S. The maximum Gasteiger partial charge on any atom is 0.534 e. The maximum absolute atomic E-state index is 12.9. The van der Waals surface area contributed by atoms with E-state index in [0.717, 1.165) is 22.6 Å². The molecule has 7 nitrogen and oxygen atoms in total. The van der Waals surface area contributed by atoms with E-state index in [9.17, 15) is 31.5 Å². The van der Waals surface area contributed by atoms with E-state index in [1.165, 1.54) is 13.1 Å². The minimum absolute atomic E-state index is 0.122. The Morgan fingerprint density at radius 3 is 2.29 bits per heavy atom. The summed E-state index contributed by atoms with van der Waals surface area (Å²) in [5.41, 5.74) is -2.59. The molecule has 0 unspecified atom stereocenters. The van der Waals surface area contributed by atoms with Gasteiger partial charge in [0.2, 0.25) is 0 Å². The number of halogens is 3. The number of aryl methyl sites for hydroxylation is 1. The summed E-state index contributed by atoms with van der Waals surface area (Å²) in [6.45, 7) is 5.76. The molecule has 0 saturated heterocycles. The second-order valence-electron chi connectivity index (χ2n) is 8.25. The molecule has 0 atom stereocenters. The van der Waals surface area contributed by atoms with Crippen LogP contribution in [0.15, 0.2) is 42.5 Å². The van der Waals surface area contributed by atoms with E-state index in [0.29, 0.717) is 28.8 Å². The van der Waals surface area contributed by atoms with Gasteiger partial charge < -0.3 is 9.29 Å². The van der Waals surface area contributed by atoms with Crippen LogP contribution in [0.4, 0.5) is 23.7 Å². The monoisotopic (exact) mass is 496 g/mol. The van der Waals surface area contributed by atoms with Gasteiger partial charge in [0, 0.05) is 18.0 Å². The predicted molar refractivity (Wildman–Crippen MR) is 122 cm³/mol. The molecule has 11 heteroatoms. The summed E-state index contributed by atoms with van der Waals surface area (Å²) < 4.78 is 66.0. The zero-order valence-corrected chi connectivity index (χ0v) is 19.7. The number of alkyl halides is 3. The summed E-state index contributed by atoms with van der Waals surface area (Å²) in [5, 5.41) is 9.99. The van der Waals surface area contributed by atoms with Crippen LogP contribution in [0.1, 0.15) is 25.1 Å². The lowest BCUT2D eigenvalue weighted by Gasteiger charge is -2.24. The quantitative estimate of drug-likeness (QED) is 0.345. The molecule has 0 radical (unpaired) electrons. The average Bonchev–Trinajstić information content (AvgIpc) is 2.71. The number of amides is 1. The van der Waals surface area contributed by atoms with Crippen LogP contribution < -0.4 is 9.08 Å². The molecule has 0 aliphatic heterocycles. The summed E-state index contributed by atoms with van der Waals surface area (Å²) in [6, 6.07) is 10.7. The number of fused-ring (bicyclic) bond motifs is 1. The lowest BCUT2D eigenvalue weighted by atomic mass is 9.94. The van der Waals surface area contributed by atoms with Crippen LogP contribution in [-0.4, -0.2) is 37.2 Å². The SMILES string of the molecule is Cc1ccc(-c2c(N(C)C(=O)O)c(CC(C)C)nc3ccc(OS(=O)(=O)C(F)(F)F)cc23)cc1. The molecule has 1 N–H and O–H groups in total. The van der Waals surface area contributed by atoms with E-state index in [-0.39, 0.29) is 17.0 Å². The van der Waals surface area contributed by atoms with Gasteiger partial charge in [0.25, 0.3) is 0 Å². The zero-order valence-electron chi connectivity index (χ0n) is 18.8. The first-order valence-electron chi connectivity index (χ1n) is 10.2. The van der Waals surface area contributed by atoms with Gasteiger partial charge in [0.05, 0.1) is 16.9 Å². The number of anilines is 1. The van der Waals surface area contributed by atoms with Gasteiger partial charge in [-0.3, -0.25) is 9.88 Å². The smallest absolute Gasteiger partial charge is 0.465 e. The molecule has 2 aromatic carbocycles. The highest BCUT2D eigenvalue weighted by molar-refractivity contribution is 7.88. The molecule has 182 valence electrons. The Kier molecular flexibility index (Phi) is 6.79. The van der Waals surface area contributed by atoms with Crippen LogP contribution in [0.2, 0.25) is 0 Å². The number of benzene rings is 2. The van der Waals surface area contributed by atoms with E-state index in [1.807, 2.05) is 32.9 Å². The summed E-state index contributed by atoms with van der Waals surface area (Å²) in [6.07, 6.45) is -0.825. The normalized spacial score (nSPS) is 12.2. The number of aromatic nitrogens is 1. The zero-order chi connectivity index (χ0) is 25.4. The van der Waals surface area contributed by atoms with Crippen LogP contribution in [0.25, 0.3) is 22.0 Å². The van der Waals surface area contributed by atoms with Crippen molar-refractivity contribution in [2.24, 2.45) is 5.92 Å². The number of hydrogen-bond donors (Lipinski definition) is 1. The van der Waals surface area contributed by atoms with Gasteiger partial charge >= 0.3 is 21.7 Å². The first-order chi connectivity index (χ1) is 15.7. The van der Waals surface area contributed by atoms with Crippen molar-refractivity contribution in [2.75, 3.05) is 11.9 Å². The molecule has 1 amide bonds. The van der Waals surface area contributed by atoms with Gasteiger partial charge in [0.15, 0.2) is 0 Å². The molecule has 1 aromatic heterocycles. The lowest BCUT2D eigenvalue weighted by molar-refractivity contribution is -0.0500. The van der Waals surface area contributed by atoms with E-state index >= 15 is 0 Å². The summed E-state index contributed by atoms with van der Waals surface area (Å²) in [7, 11) is -4.54. The lowest BCUT2D eigenvalue weighted by Crippen LogP contribution is -2.28. The van der Waals surface area contributed by atoms with Crippen LogP contribution in [0.3, 0.4) is 0 Å². The Morgan fingerprint density at radius 2 is 1.76 bits per heavy atom. The van der Waals surface area contributed by atoms with Gasteiger partial charge in [0.1, 0.15) is 5.75 Å². The molecular weight excluding hydrogens is 473 g/mol. The Balaban J connectivity index is 2.39. The highest BCUT2D eigenvalue weighted by Gasteiger charge is 2.48. The third-order valence-electron chi connectivity index (χ3n) is 5.06. The molecule has 0 aliphatic carbocycles. The van der Waals surface area contributed by atoms with Crippen molar-refractivity contribution in [3.63, 3.8) is 0 Å². The topological polar surface area (TPSA) is 96.8 Å². The second-order valence-corrected chi connectivity index (χ2v) is 9.79. The Labute approximate surface area is 194 Å². The number of nitrogens with zero attached hydrogens (tertiary/aromatic N) is 2. The number of hydrogen-bond acceptors (Lipinski definition) is 5. The van der Waals surface area contributed by atoms with Crippen LogP contribution in [0.5, 0.6) is 5.75 Å². The van der Waals surface area contributed by atoms with Gasteiger partial charge in [-0.25, -0.2) is 4.79 Å². The van der Waals surface area contributed by atoms with E-state index in [1.54, 1.807) is 12.1 Å². The summed E-state index contributed by atoms with van der Waals surface area (Å²) >= 11 is 0. The van der Waals surface area contributed by atoms with Crippen LogP contribution in [0, 0.1) is 12.8 Å². The first kappa shape index (κ1) is 25.3. The fraction of sp³-hybridized carbons (Fsp3) is 0.304. The molecule has 0 aliphatic rings. The fourth-order valence-electron chi connectivity index (χ4n) is 3.51. The van der Waals surface area contributed by atoms with E-state index < -0.39 is 27.5 Å². The molecule has 0 fully saturated rings. The molecule has 0 saturated carbocycles. The molecule has 3 aromatic rings. The van der Waals surface area contributed by atoms with E-state index in [2.05, 4.69) is 9.17 Å². The van der Waals surface area contributed by atoms with Crippen molar-refractivity contribution >= 4 is 32.8 Å². The van der Waals surface area contributed by atoms with Gasteiger partial charge in [-0.2, -0.15) is 21.6 Å². The Morgan fingerprint density at radius 1 is 1.15 bits per heavy atom. The van der Waals surface area contributed by atoms with Crippen LogP contribution >= 0.6 is 0 Å². The standard InChI is InChI=1S/C23H23F3N2O5S/c1-13(2)11-19-21(28(4)22(29)30)20(15-7-5-14(3)6-8-15)17-12-16(9-10-18(17)27-19)33-34(31,32)23(24,25)26/h5-10,12-13H,11H2,1-4H3,(H,29,30). The van der Waals surface area contributed by atoms with Crippen molar-refractivity contribution in [1.29, 1.82) is 0 Å². The highest BCUT2D eigenvalue weighted by Crippen LogP contribution is 2.41. The Hall–Kier alpha value is -3.34. The van der Waals surface area contributed by atoms with Crippen molar-refractivity contribution < 1.29 is 35.7 Å². The van der Waals surface area contributed by atoms with Crippen molar-refractivity contribution in [3.05, 3.63) is 53.7 Å². The van der Waals surface area contributed by atoms with Crippen LogP contribution in [-0.2, 0) is 16.5 Å². The summed E-state index contributed by atoms with van der Waals surface area (Å²) in [4.78, 5) is 17.5. The number of carboxylic acid groups (broad SMARTS) is 1. The molecule has 3 rings (SSSR count). The van der Waals surface area contributed by atoms with Gasteiger partial charge in [-0.1, -0.05) is 43.7 Å². The van der Waals surface area contributed by atoms with Crippen molar-refractivity contribution in [1.82, 2.24) is 4.98 Å². The van der Waals surface area contributed by atoms with Crippen molar-refractivity contribution in [3.8, 4) is 16.9 Å². The van der Waals surface area contributed by atoms with Gasteiger partial charge in [-0.05, 0) is 43.0 Å². The maximum atomic E-state index is 12.9. The fourth-order valence-corrected chi connectivity index (χ4v) is 3.96. The predicted octanol–water partition coefficient (Wildman–Crippen LogP) is 5.75.